The van der Waals surface area contributed by atoms with Crippen LogP contribution < -0.4 is 0 Å². The number of nitro groups is 1. The molecule has 1 aliphatic heterocycles. The minimum Gasteiger partial charge on any atom is -0.299 e. The lowest BCUT2D eigenvalue weighted by molar-refractivity contribution is -0.384. The van der Waals surface area contributed by atoms with E-state index in [0.717, 1.165) is 25.2 Å². The van der Waals surface area contributed by atoms with Gasteiger partial charge in [0.25, 0.3) is 5.69 Å². The third kappa shape index (κ3) is 4.45. The predicted molar refractivity (Wildman–Crippen MR) is 73.6 cm³/mol. The Bertz CT molecular complexity index is 374. The molecule has 100 valence electrons. The summed E-state index contributed by atoms with van der Waals surface area (Å²) in [5.74, 6) is 0. The van der Waals surface area contributed by atoms with Crippen molar-refractivity contribution in [3.63, 3.8) is 0 Å². The maximum Gasteiger partial charge on any atom is 0.269 e. The molecular weight excluding hydrogens is 228 g/mol. The molecule has 1 fully saturated rings. The standard InChI is InChI=1S/C12H16N2O2.C2H6/c15-14(16)12-6-4-5-11(9-12)10-13-7-2-1-3-8-13;1-2/h4-6,9H,1-3,7-8,10H2;1-2H3. The number of benzene rings is 1. The van der Waals surface area contributed by atoms with Crippen LogP contribution >= 0.6 is 0 Å². The Balaban J connectivity index is 0.000000771. The van der Waals surface area contributed by atoms with Gasteiger partial charge in [-0.1, -0.05) is 32.4 Å². The van der Waals surface area contributed by atoms with Gasteiger partial charge in [0.2, 0.25) is 0 Å². The van der Waals surface area contributed by atoms with Crippen molar-refractivity contribution < 1.29 is 4.92 Å². The highest BCUT2D eigenvalue weighted by atomic mass is 16.6. The van der Waals surface area contributed by atoms with E-state index in [1.165, 1.54) is 19.3 Å². The predicted octanol–water partition coefficient (Wildman–Crippen LogP) is 3.61. The molecule has 1 aromatic rings. The van der Waals surface area contributed by atoms with Crippen LogP contribution in [-0.2, 0) is 6.54 Å². The summed E-state index contributed by atoms with van der Waals surface area (Å²) < 4.78 is 0. The Hall–Kier alpha value is -1.42. The minimum atomic E-state index is -0.334. The van der Waals surface area contributed by atoms with Crippen LogP contribution in [0.2, 0.25) is 0 Å². The van der Waals surface area contributed by atoms with Crippen molar-refractivity contribution in [3.05, 3.63) is 39.9 Å². The van der Waals surface area contributed by atoms with Crippen molar-refractivity contribution in [1.29, 1.82) is 0 Å². The van der Waals surface area contributed by atoms with Crippen molar-refractivity contribution in [2.45, 2.75) is 39.7 Å². The first-order valence-corrected chi connectivity index (χ1v) is 6.71. The minimum absolute atomic E-state index is 0.189. The smallest absolute Gasteiger partial charge is 0.269 e. The molecule has 0 unspecified atom stereocenters. The van der Waals surface area contributed by atoms with Crippen LogP contribution in [0.5, 0.6) is 0 Å². The first-order chi connectivity index (χ1) is 8.75. The van der Waals surface area contributed by atoms with Crippen LogP contribution in [0.1, 0.15) is 38.7 Å². The third-order valence-electron chi connectivity index (χ3n) is 2.98. The lowest BCUT2D eigenvalue weighted by Crippen LogP contribution is -2.29. The summed E-state index contributed by atoms with van der Waals surface area (Å²) in [4.78, 5) is 12.7. The van der Waals surface area contributed by atoms with Crippen LogP contribution in [0.4, 0.5) is 5.69 Å². The van der Waals surface area contributed by atoms with Crippen LogP contribution in [0.3, 0.4) is 0 Å². The number of nitro benzene ring substituents is 1. The van der Waals surface area contributed by atoms with Gasteiger partial charge in [0.15, 0.2) is 0 Å². The van der Waals surface area contributed by atoms with Gasteiger partial charge in [0, 0.05) is 18.7 Å². The molecule has 0 spiro atoms. The molecule has 4 heteroatoms. The molecule has 0 atom stereocenters. The van der Waals surface area contributed by atoms with Crippen LogP contribution in [0.15, 0.2) is 24.3 Å². The SMILES string of the molecule is CC.O=[N+]([O-])c1cccc(CN2CCCCC2)c1. The molecule has 1 aliphatic rings. The van der Waals surface area contributed by atoms with Gasteiger partial charge >= 0.3 is 0 Å². The van der Waals surface area contributed by atoms with Crippen LogP contribution in [0.25, 0.3) is 0 Å². The van der Waals surface area contributed by atoms with Gasteiger partial charge in [-0.05, 0) is 31.5 Å². The molecule has 1 saturated heterocycles. The fraction of sp³-hybridized carbons (Fsp3) is 0.571. The molecule has 0 amide bonds. The van der Waals surface area contributed by atoms with Crippen molar-refractivity contribution in [3.8, 4) is 0 Å². The van der Waals surface area contributed by atoms with Gasteiger partial charge in [-0.3, -0.25) is 15.0 Å². The largest absolute Gasteiger partial charge is 0.299 e. The second-order valence-electron chi connectivity index (χ2n) is 4.26. The molecule has 2 rings (SSSR count). The third-order valence-corrected chi connectivity index (χ3v) is 2.98. The zero-order valence-corrected chi connectivity index (χ0v) is 11.3. The summed E-state index contributed by atoms with van der Waals surface area (Å²) in [5, 5.41) is 10.6. The normalized spacial score (nSPS) is 15.7. The highest BCUT2D eigenvalue weighted by molar-refractivity contribution is 5.34. The van der Waals surface area contributed by atoms with E-state index in [2.05, 4.69) is 4.90 Å². The summed E-state index contributed by atoms with van der Waals surface area (Å²) in [5.41, 5.74) is 1.23. The molecule has 18 heavy (non-hydrogen) atoms. The van der Waals surface area contributed by atoms with Crippen LogP contribution in [-0.4, -0.2) is 22.9 Å². The van der Waals surface area contributed by atoms with E-state index < -0.39 is 0 Å². The molecule has 0 bridgehead atoms. The van der Waals surface area contributed by atoms with Gasteiger partial charge in [0.05, 0.1) is 4.92 Å². The number of nitrogens with zero attached hydrogens (tertiary/aromatic N) is 2. The molecule has 0 radical (unpaired) electrons. The maximum atomic E-state index is 10.6. The second-order valence-corrected chi connectivity index (χ2v) is 4.26. The molecule has 0 aromatic heterocycles. The van der Waals surface area contributed by atoms with Gasteiger partial charge in [0.1, 0.15) is 0 Å². The zero-order valence-electron chi connectivity index (χ0n) is 11.3. The van der Waals surface area contributed by atoms with E-state index in [0.29, 0.717) is 0 Å². The molecule has 0 N–H and O–H groups in total. The number of rotatable bonds is 3. The Kier molecular flexibility index (Phi) is 6.36. The molecular formula is C14H22N2O2. The maximum absolute atomic E-state index is 10.6. The molecule has 0 saturated carbocycles. The molecule has 4 nitrogen and oxygen atoms in total. The highest BCUT2D eigenvalue weighted by Crippen LogP contribution is 2.17. The van der Waals surface area contributed by atoms with E-state index in [-0.39, 0.29) is 10.6 Å². The topological polar surface area (TPSA) is 46.4 Å². The highest BCUT2D eigenvalue weighted by Gasteiger charge is 2.12. The number of hydrogen-bond donors (Lipinski definition) is 0. The fourth-order valence-electron chi connectivity index (χ4n) is 2.14. The number of non-ortho nitro benzene ring substituents is 1. The lowest BCUT2D eigenvalue weighted by Gasteiger charge is -2.26. The van der Waals surface area contributed by atoms with E-state index in [1.807, 2.05) is 19.9 Å². The van der Waals surface area contributed by atoms with E-state index in [1.54, 1.807) is 18.2 Å². The quantitative estimate of drug-likeness (QED) is 0.608. The zero-order chi connectivity index (χ0) is 13.4. The summed E-state index contributed by atoms with van der Waals surface area (Å²) >= 11 is 0. The number of hydrogen-bond acceptors (Lipinski definition) is 3. The first kappa shape index (κ1) is 14.6. The Labute approximate surface area is 109 Å². The second kappa shape index (κ2) is 7.82. The average Bonchev–Trinajstić information content (AvgIpc) is 2.42. The van der Waals surface area contributed by atoms with E-state index in [4.69, 9.17) is 0 Å². The summed E-state index contributed by atoms with van der Waals surface area (Å²) in [6.45, 7) is 7.06. The summed E-state index contributed by atoms with van der Waals surface area (Å²) in [6, 6.07) is 6.94. The Morgan fingerprint density at radius 3 is 2.50 bits per heavy atom. The van der Waals surface area contributed by atoms with Crippen molar-refractivity contribution in [2.75, 3.05) is 13.1 Å². The Morgan fingerprint density at radius 1 is 1.22 bits per heavy atom. The van der Waals surface area contributed by atoms with Crippen molar-refractivity contribution in [2.24, 2.45) is 0 Å². The van der Waals surface area contributed by atoms with Gasteiger partial charge in [-0.15, -0.1) is 0 Å². The molecule has 1 aromatic carbocycles. The van der Waals surface area contributed by atoms with Crippen molar-refractivity contribution >= 4 is 5.69 Å². The molecule has 1 heterocycles. The fourth-order valence-corrected chi connectivity index (χ4v) is 2.14. The monoisotopic (exact) mass is 250 g/mol. The summed E-state index contributed by atoms with van der Waals surface area (Å²) in [6.07, 6.45) is 3.80. The van der Waals surface area contributed by atoms with Gasteiger partial charge in [-0.2, -0.15) is 0 Å². The molecule has 0 aliphatic carbocycles. The van der Waals surface area contributed by atoms with E-state index in [9.17, 15) is 10.1 Å². The van der Waals surface area contributed by atoms with Gasteiger partial charge < -0.3 is 0 Å². The summed E-state index contributed by atoms with van der Waals surface area (Å²) in [7, 11) is 0. The Morgan fingerprint density at radius 2 is 1.89 bits per heavy atom. The first-order valence-electron chi connectivity index (χ1n) is 6.71. The van der Waals surface area contributed by atoms with E-state index >= 15 is 0 Å². The van der Waals surface area contributed by atoms with Crippen molar-refractivity contribution in [1.82, 2.24) is 4.90 Å². The number of piperidine rings is 1. The average molecular weight is 250 g/mol. The van der Waals surface area contributed by atoms with Crippen LogP contribution in [0, 0.1) is 10.1 Å². The van der Waals surface area contributed by atoms with Gasteiger partial charge in [-0.25, -0.2) is 0 Å². The lowest BCUT2D eigenvalue weighted by atomic mass is 10.1. The number of likely N-dealkylation sites (tertiary alicyclic amines) is 1.